The number of benzene rings is 3. The second-order valence-electron chi connectivity index (χ2n) is 5.68. The zero-order chi connectivity index (χ0) is 19.9. The van der Waals surface area contributed by atoms with Gasteiger partial charge in [0, 0.05) is 10.0 Å². The lowest BCUT2D eigenvalue weighted by Crippen LogP contribution is -2.17. The van der Waals surface area contributed by atoms with Crippen LogP contribution >= 0.6 is 15.9 Å². The van der Waals surface area contributed by atoms with E-state index < -0.39 is 11.9 Å². The molecule has 0 aliphatic heterocycles. The number of hydrogen-bond donors (Lipinski definition) is 2. The summed E-state index contributed by atoms with van der Waals surface area (Å²) >= 11 is 3.32. The van der Waals surface area contributed by atoms with Crippen LogP contribution in [0, 0.1) is 0 Å². The first-order valence-electron chi connectivity index (χ1n) is 8.22. The molecule has 0 bridgehead atoms. The van der Waals surface area contributed by atoms with Crippen molar-refractivity contribution < 1.29 is 19.4 Å². The molecule has 28 heavy (non-hydrogen) atoms. The summed E-state index contributed by atoms with van der Waals surface area (Å²) < 4.78 is 6.00. The average molecular weight is 439 g/mol. The fourth-order valence-electron chi connectivity index (χ4n) is 2.25. The van der Waals surface area contributed by atoms with E-state index >= 15 is 0 Å². The van der Waals surface area contributed by atoms with E-state index in [1.165, 1.54) is 30.5 Å². The third-order valence-corrected chi connectivity index (χ3v) is 4.39. The topological polar surface area (TPSA) is 88.0 Å². The van der Waals surface area contributed by atoms with Crippen molar-refractivity contribution in [2.75, 3.05) is 0 Å². The molecule has 3 rings (SSSR count). The summed E-state index contributed by atoms with van der Waals surface area (Å²) in [7, 11) is 0. The third kappa shape index (κ3) is 5.05. The maximum absolute atomic E-state index is 12.2. The van der Waals surface area contributed by atoms with Crippen LogP contribution in [0.2, 0.25) is 0 Å². The SMILES string of the molecule is O=C(N/N=C\c1ccc(OC(=O)c2ccccc2Br)cc1)c1ccc(O)cc1. The molecule has 0 spiro atoms. The van der Waals surface area contributed by atoms with E-state index in [9.17, 15) is 14.7 Å². The third-order valence-electron chi connectivity index (χ3n) is 3.69. The maximum Gasteiger partial charge on any atom is 0.344 e. The highest BCUT2D eigenvalue weighted by atomic mass is 79.9. The number of carbonyl (C=O) groups excluding carboxylic acids is 2. The van der Waals surface area contributed by atoms with E-state index in [0.29, 0.717) is 26.9 Å². The molecule has 0 saturated heterocycles. The molecule has 0 unspecified atom stereocenters. The minimum Gasteiger partial charge on any atom is -0.508 e. The fraction of sp³-hybridized carbons (Fsp3) is 0. The van der Waals surface area contributed by atoms with Gasteiger partial charge in [0.1, 0.15) is 11.5 Å². The van der Waals surface area contributed by atoms with Gasteiger partial charge in [-0.15, -0.1) is 0 Å². The first kappa shape index (κ1) is 19.3. The highest BCUT2D eigenvalue weighted by Gasteiger charge is 2.11. The Morgan fingerprint density at radius 3 is 2.32 bits per heavy atom. The van der Waals surface area contributed by atoms with E-state index in [1.54, 1.807) is 42.5 Å². The van der Waals surface area contributed by atoms with E-state index in [4.69, 9.17) is 4.74 Å². The van der Waals surface area contributed by atoms with Gasteiger partial charge in [-0.2, -0.15) is 5.10 Å². The molecule has 2 N–H and O–H groups in total. The van der Waals surface area contributed by atoms with Gasteiger partial charge in [-0.05, 0) is 82.2 Å². The smallest absolute Gasteiger partial charge is 0.344 e. The molecule has 0 aromatic heterocycles. The van der Waals surface area contributed by atoms with Crippen LogP contribution in [0.1, 0.15) is 26.3 Å². The fourth-order valence-corrected chi connectivity index (χ4v) is 2.70. The van der Waals surface area contributed by atoms with Crippen molar-refractivity contribution in [3.05, 3.63) is 94.0 Å². The number of esters is 1. The summed E-state index contributed by atoms with van der Waals surface area (Å²) in [6.45, 7) is 0. The molecule has 0 aliphatic carbocycles. The van der Waals surface area contributed by atoms with Crippen LogP contribution in [0.4, 0.5) is 0 Å². The van der Waals surface area contributed by atoms with Crippen LogP contribution in [-0.4, -0.2) is 23.2 Å². The molecule has 0 radical (unpaired) electrons. The standard InChI is InChI=1S/C21H15BrN2O4/c22-19-4-2-1-3-18(19)21(27)28-17-11-5-14(6-12-17)13-23-24-20(26)15-7-9-16(25)10-8-15/h1-13,25H,(H,24,26)/b23-13-. The molecular weight excluding hydrogens is 424 g/mol. The Balaban J connectivity index is 1.57. The molecule has 6 nitrogen and oxygen atoms in total. The predicted octanol–water partition coefficient (Wildman–Crippen LogP) is 4.14. The van der Waals surface area contributed by atoms with Crippen molar-refractivity contribution in [1.29, 1.82) is 0 Å². The van der Waals surface area contributed by atoms with Crippen LogP contribution in [0.3, 0.4) is 0 Å². The number of nitrogens with one attached hydrogen (secondary N) is 1. The quantitative estimate of drug-likeness (QED) is 0.271. The van der Waals surface area contributed by atoms with Gasteiger partial charge in [-0.1, -0.05) is 12.1 Å². The molecule has 140 valence electrons. The Hall–Kier alpha value is -3.45. The number of halogens is 1. The number of carbonyl (C=O) groups is 2. The lowest BCUT2D eigenvalue weighted by Gasteiger charge is -2.06. The van der Waals surface area contributed by atoms with Gasteiger partial charge in [-0.3, -0.25) is 4.79 Å². The van der Waals surface area contributed by atoms with Crippen LogP contribution in [0.25, 0.3) is 0 Å². The summed E-state index contributed by atoms with van der Waals surface area (Å²) in [5, 5.41) is 13.1. The first-order chi connectivity index (χ1) is 13.5. The molecule has 0 aliphatic rings. The highest BCUT2D eigenvalue weighted by molar-refractivity contribution is 9.10. The average Bonchev–Trinajstić information content (AvgIpc) is 2.70. The van der Waals surface area contributed by atoms with Crippen molar-refractivity contribution in [2.45, 2.75) is 0 Å². The Labute approximate surface area is 169 Å². The molecule has 0 fully saturated rings. The van der Waals surface area contributed by atoms with Gasteiger partial charge < -0.3 is 9.84 Å². The summed E-state index contributed by atoms with van der Waals surface area (Å²) in [5.41, 5.74) is 3.93. The normalized spacial score (nSPS) is 10.6. The van der Waals surface area contributed by atoms with Crippen molar-refractivity contribution in [3.8, 4) is 11.5 Å². The number of hydrazone groups is 1. The van der Waals surface area contributed by atoms with Crippen LogP contribution in [0.15, 0.2) is 82.4 Å². The Kier molecular flexibility index (Phi) is 6.18. The Morgan fingerprint density at radius 2 is 1.64 bits per heavy atom. The van der Waals surface area contributed by atoms with Crippen molar-refractivity contribution in [2.24, 2.45) is 5.10 Å². The molecule has 0 saturated carbocycles. The number of phenols is 1. The molecular formula is C21H15BrN2O4. The largest absolute Gasteiger partial charge is 0.508 e. The van der Waals surface area contributed by atoms with E-state index in [2.05, 4.69) is 26.5 Å². The van der Waals surface area contributed by atoms with Gasteiger partial charge in [0.25, 0.3) is 5.91 Å². The minimum atomic E-state index is -0.463. The van der Waals surface area contributed by atoms with Gasteiger partial charge in [-0.25, -0.2) is 10.2 Å². The van der Waals surface area contributed by atoms with Gasteiger partial charge in [0.2, 0.25) is 0 Å². The number of nitrogens with zero attached hydrogens (tertiary/aromatic N) is 1. The van der Waals surface area contributed by atoms with Gasteiger partial charge in [0.15, 0.2) is 0 Å². The van der Waals surface area contributed by atoms with Crippen molar-refractivity contribution >= 4 is 34.0 Å². The van der Waals surface area contributed by atoms with Gasteiger partial charge in [0.05, 0.1) is 11.8 Å². The van der Waals surface area contributed by atoms with E-state index in [1.807, 2.05) is 6.07 Å². The Bertz CT molecular complexity index is 1020. The monoisotopic (exact) mass is 438 g/mol. The maximum atomic E-state index is 12.2. The van der Waals surface area contributed by atoms with Crippen LogP contribution in [0.5, 0.6) is 11.5 Å². The van der Waals surface area contributed by atoms with Crippen LogP contribution < -0.4 is 10.2 Å². The van der Waals surface area contributed by atoms with Crippen molar-refractivity contribution in [3.63, 3.8) is 0 Å². The first-order valence-corrected chi connectivity index (χ1v) is 9.01. The zero-order valence-electron chi connectivity index (χ0n) is 14.5. The molecule has 0 heterocycles. The number of hydrogen-bond acceptors (Lipinski definition) is 5. The zero-order valence-corrected chi connectivity index (χ0v) is 16.1. The predicted molar refractivity (Wildman–Crippen MR) is 109 cm³/mol. The highest BCUT2D eigenvalue weighted by Crippen LogP contribution is 2.19. The van der Waals surface area contributed by atoms with E-state index in [-0.39, 0.29) is 5.75 Å². The molecule has 0 atom stereocenters. The second kappa shape index (κ2) is 8.96. The Morgan fingerprint density at radius 1 is 0.964 bits per heavy atom. The summed E-state index contributed by atoms with van der Waals surface area (Å²) in [6.07, 6.45) is 1.47. The summed E-state index contributed by atoms with van der Waals surface area (Å²) in [4.78, 5) is 24.1. The van der Waals surface area contributed by atoms with Crippen LogP contribution in [-0.2, 0) is 0 Å². The van der Waals surface area contributed by atoms with Crippen molar-refractivity contribution in [1.82, 2.24) is 5.43 Å². The number of ether oxygens (including phenoxy) is 1. The second-order valence-corrected chi connectivity index (χ2v) is 6.54. The molecule has 3 aromatic carbocycles. The summed E-state index contributed by atoms with van der Waals surface area (Å²) in [5.74, 6) is -0.378. The number of rotatable bonds is 5. The number of amides is 1. The molecule has 1 amide bonds. The molecule has 3 aromatic rings. The minimum absolute atomic E-state index is 0.0838. The van der Waals surface area contributed by atoms with Gasteiger partial charge >= 0.3 is 5.97 Å². The lowest BCUT2D eigenvalue weighted by molar-refractivity contribution is 0.0733. The molecule has 7 heteroatoms. The lowest BCUT2D eigenvalue weighted by atomic mass is 10.2. The number of phenolic OH excluding ortho intramolecular Hbond substituents is 1. The van der Waals surface area contributed by atoms with E-state index in [0.717, 1.165) is 0 Å². The number of aromatic hydroxyl groups is 1. The summed E-state index contributed by atoms with van der Waals surface area (Å²) in [6, 6.07) is 19.5.